The van der Waals surface area contributed by atoms with Crippen molar-refractivity contribution in [2.24, 2.45) is 11.8 Å². The van der Waals surface area contributed by atoms with E-state index in [2.05, 4.69) is 53.1 Å². The highest BCUT2D eigenvalue weighted by Crippen LogP contribution is 2.33. The molecule has 0 aliphatic heterocycles. The molecule has 19 heavy (non-hydrogen) atoms. The maximum absolute atomic E-state index is 12.1. The zero-order chi connectivity index (χ0) is 13.8. The molecule has 1 aliphatic carbocycles. The molecule has 2 nitrogen and oxygen atoms in total. The lowest BCUT2D eigenvalue weighted by Crippen LogP contribution is -2.34. The van der Waals surface area contributed by atoms with Gasteiger partial charge < -0.3 is 5.32 Å². The van der Waals surface area contributed by atoms with Crippen LogP contribution in [0.2, 0.25) is 0 Å². The van der Waals surface area contributed by atoms with Gasteiger partial charge in [0.2, 0.25) is 0 Å². The number of amides is 1. The number of carbonyl (C=O) groups is 1. The Labute approximate surface area is 143 Å². The van der Waals surface area contributed by atoms with Gasteiger partial charge in [-0.05, 0) is 62.6 Å². The van der Waals surface area contributed by atoms with E-state index in [4.69, 9.17) is 0 Å². The molecule has 0 bridgehead atoms. The smallest absolute Gasteiger partial charge is 0.261 e. The Morgan fingerprint density at radius 1 is 1.32 bits per heavy atom. The molecule has 0 radical (unpaired) electrons. The molecule has 1 amide bonds. The molecular weight excluding hydrogens is 458 g/mol. The summed E-state index contributed by atoms with van der Waals surface area (Å²) in [6, 6.07) is 1.87. The van der Waals surface area contributed by atoms with E-state index >= 15 is 0 Å². The Morgan fingerprint density at radius 2 is 2.00 bits per heavy atom. The molecule has 2 unspecified atom stereocenters. The number of hydrogen-bond donors (Lipinski definition) is 1. The fraction of sp³-hybridized carbons (Fsp3) is 0.615. The summed E-state index contributed by atoms with van der Waals surface area (Å²) in [4.78, 5) is 12.8. The first-order valence-electron chi connectivity index (χ1n) is 6.40. The molecular formula is C13H16Br3NOS. The van der Waals surface area contributed by atoms with Gasteiger partial charge in [0, 0.05) is 16.3 Å². The molecule has 1 heterocycles. The second-order valence-electron chi connectivity index (χ2n) is 4.90. The average molecular weight is 474 g/mol. The number of halogens is 3. The third-order valence-electron chi connectivity index (χ3n) is 3.66. The number of rotatable bonds is 4. The van der Waals surface area contributed by atoms with Crippen molar-refractivity contribution in [3.8, 4) is 0 Å². The second kappa shape index (κ2) is 7.57. The van der Waals surface area contributed by atoms with Crippen molar-refractivity contribution in [1.82, 2.24) is 5.32 Å². The summed E-state index contributed by atoms with van der Waals surface area (Å²) in [6.45, 7) is 0.794. The van der Waals surface area contributed by atoms with Crippen molar-refractivity contribution < 1.29 is 4.79 Å². The molecule has 1 fully saturated rings. The molecule has 0 spiro atoms. The fourth-order valence-corrected chi connectivity index (χ4v) is 5.33. The van der Waals surface area contributed by atoms with E-state index in [1.807, 2.05) is 6.07 Å². The van der Waals surface area contributed by atoms with Gasteiger partial charge in [-0.1, -0.05) is 28.8 Å². The minimum atomic E-state index is 0.0373. The maximum Gasteiger partial charge on any atom is 0.261 e. The molecule has 1 aromatic rings. The van der Waals surface area contributed by atoms with Crippen molar-refractivity contribution in [3.63, 3.8) is 0 Å². The zero-order valence-corrected chi connectivity index (χ0v) is 16.0. The van der Waals surface area contributed by atoms with Crippen LogP contribution in [0.25, 0.3) is 0 Å². The lowest BCUT2D eigenvalue weighted by molar-refractivity contribution is 0.0941. The monoisotopic (exact) mass is 471 g/mol. The van der Waals surface area contributed by atoms with Crippen LogP contribution in [-0.2, 0) is 0 Å². The summed E-state index contributed by atoms with van der Waals surface area (Å²) in [5.41, 5.74) is 0. The van der Waals surface area contributed by atoms with E-state index in [0.29, 0.717) is 11.8 Å². The van der Waals surface area contributed by atoms with E-state index < -0.39 is 0 Å². The summed E-state index contributed by atoms with van der Waals surface area (Å²) in [7, 11) is 0. The van der Waals surface area contributed by atoms with Crippen LogP contribution in [0.5, 0.6) is 0 Å². The third-order valence-corrected chi connectivity index (χ3v) is 7.75. The van der Waals surface area contributed by atoms with E-state index in [1.165, 1.54) is 37.0 Å². The first-order valence-corrected chi connectivity index (χ1v) is 9.93. The lowest BCUT2D eigenvalue weighted by atomic mass is 9.80. The van der Waals surface area contributed by atoms with E-state index in [-0.39, 0.29) is 5.91 Å². The molecule has 6 heteroatoms. The quantitative estimate of drug-likeness (QED) is 0.598. The van der Waals surface area contributed by atoms with Crippen molar-refractivity contribution >= 4 is 65.0 Å². The highest BCUT2D eigenvalue weighted by Gasteiger charge is 2.24. The largest absolute Gasteiger partial charge is 0.351 e. The topological polar surface area (TPSA) is 29.1 Å². The van der Waals surface area contributed by atoms with Crippen molar-refractivity contribution in [2.45, 2.75) is 25.7 Å². The highest BCUT2D eigenvalue weighted by atomic mass is 79.9. The van der Waals surface area contributed by atoms with Crippen LogP contribution in [0, 0.1) is 11.8 Å². The molecule has 1 aliphatic rings. The molecule has 2 atom stereocenters. The third kappa shape index (κ3) is 4.29. The molecule has 2 rings (SSSR count). The van der Waals surface area contributed by atoms with Crippen LogP contribution in [0.4, 0.5) is 0 Å². The molecule has 1 aromatic heterocycles. The van der Waals surface area contributed by atoms with Crippen LogP contribution >= 0.6 is 59.1 Å². The van der Waals surface area contributed by atoms with Crippen molar-refractivity contribution in [1.29, 1.82) is 0 Å². The van der Waals surface area contributed by atoms with Crippen molar-refractivity contribution in [2.75, 3.05) is 11.9 Å². The van der Waals surface area contributed by atoms with Crippen LogP contribution < -0.4 is 5.32 Å². The Hall–Kier alpha value is 0.610. The second-order valence-corrected chi connectivity index (χ2v) is 8.77. The van der Waals surface area contributed by atoms with E-state index in [9.17, 15) is 4.79 Å². The van der Waals surface area contributed by atoms with Gasteiger partial charge in [-0.2, -0.15) is 0 Å². The first-order chi connectivity index (χ1) is 9.11. The number of carbonyl (C=O) groups excluding carboxylic acids is 1. The molecule has 106 valence electrons. The van der Waals surface area contributed by atoms with Gasteiger partial charge in [0.1, 0.15) is 0 Å². The van der Waals surface area contributed by atoms with Crippen LogP contribution in [0.3, 0.4) is 0 Å². The fourth-order valence-electron chi connectivity index (χ4n) is 2.53. The van der Waals surface area contributed by atoms with Crippen LogP contribution in [0.1, 0.15) is 35.4 Å². The van der Waals surface area contributed by atoms with Gasteiger partial charge >= 0.3 is 0 Å². The number of thiophene rings is 1. The summed E-state index contributed by atoms with van der Waals surface area (Å²) >= 11 is 11.9. The Morgan fingerprint density at radius 3 is 2.58 bits per heavy atom. The summed E-state index contributed by atoms with van der Waals surface area (Å²) < 4.78 is 1.91. The highest BCUT2D eigenvalue weighted by molar-refractivity contribution is 9.13. The van der Waals surface area contributed by atoms with Gasteiger partial charge in [-0.3, -0.25) is 4.79 Å². The number of alkyl halides is 1. The summed E-state index contributed by atoms with van der Waals surface area (Å²) in [6.07, 6.45) is 5.13. The van der Waals surface area contributed by atoms with Gasteiger partial charge in [-0.25, -0.2) is 0 Å². The van der Waals surface area contributed by atoms with Gasteiger partial charge in [0.05, 0.1) is 8.66 Å². The minimum Gasteiger partial charge on any atom is -0.351 e. The van der Waals surface area contributed by atoms with Crippen LogP contribution in [-0.4, -0.2) is 17.8 Å². The Balaban J connectivity index is 1.89. The predicted molar refractivity (Wildman–Crippen MR) is 91.3 cm³/mol. The molecule has 0 aromatic carbocycles. The Kier molecular flexibility index (Phi) is 6.37. The van der Waals surface area contributed by atoms with Gasteiger partial charge in [0.25, 0.3) is 5.91 Å². The normalized spacial score (nSPS) is 23.3. The SMILES string of the molecule is O=C(NCC1CCCCC1CBr)c1cc(Br)c(Br)s1. The minimum absolute atomic E-state index is 0.0373. The Bertz CT molecular complexity index is 430. The first kappa shape index (κ1) is 16.0. The van der Waals surface area contributed by atoms with E-state index in [0.717, 1.165) is 25.0 Å². The molecule has 1 N–H and O–H groups in total. The zero-order valence-electron chi connectivity index (χ0n) is 10.4. The van der Waals surface area contributed by atoms with Gasteiger partial charge in [0.15, 0.2) is 0 Å². The lowest BCUT2D eigenvalue weighted by Gasteiger charge is -2.30. The van der Waals surface area contributed by atoms with Crippen molar-refractivity contribution in [3.05, 3.63) is 19.2 Å². The number of nitrogens with one attached hydrogen (secondary N) is 1. The van der Waals surface area contributed by atoms with E-state index in [1.54, 1.807) is 0 Å². The standard InChI is InChI=1S/C13H16Br3NOS/c14-6-8-3-1-2-4-9(8)7-17-13(18)11-5-10(15)12(16)19-11/h5,8-9H,1-4,6-7H2,(H,17,18). The molecule has 0 saturated heterocycles. The summed E-state index contributed by atoms with van der Waals surface area (Å²) in [5, 5.41) is 4.13. The number of hydrogen-bond acceptors (Lipinski definition) is 2. The summed E-state index contributed by atoms with van der Waals surface area (Å²) in [5.74, 6) is 1.36. The maximum atomic E-state index is 12.1. The predicted octanol–water partition coefficient (Wildman–Crippen LogP) is 5.20. The van der Waals surface area contributed by atoms with Gasteiger partial charge in [-0.15, -0.1) is 11.3 Å². The average Bonchev–Trinajstić information content (AvgIpc) is 2.76. The van der Waals surface area contributed by atoms with Crippen LogP contribution in [0.15, 0.2) is 14.3 Å². The molecule has 1 saturated carbocycles.